The lowest BCUT2D eigenvalue weighted by atomic mass is 10.1. The molecule has 0 aliphatic carbocycles. The largest absolute Gasteiger partial charge is 0.388 e. The number of aliphatic hydroxyl groups is 2. The number of aromatic amines is 1. The lowest BCUT2D eigenvalue weighted by Gasteiger charge is -2.15. The molecule has 2 unspecified atom stereocenters. The summed E-state index contributed by atoms with van der Waals surface area (Å²) < 4.78 is 6.98. The van der Waals surface area contributed by atoms with E-state index in [1.807, 2.05) is 22.6 Å². The fraction of sp³-hybridized carbons (Fsp3) is 0.600. The maximum Gasteiger partial charge on any atom is 0.328 e. The summed E-state index contributed by atoms with van der Waals surface area (Å²) in [6, 6.07) is 0. The molecule has 2 rings (SSSR count). The van der Waals surface area contributed by atoms with Crippen LogP contribution in [0.15, 0.2) is 15.8 Å². The van der Waals surface area contributed by atoms with Crippen LogP contribution >= 0.6 is 22.6 Å². The number of nitrogens with one attached hydrogen (secondary N) is 1. The highest BCUT2D eigenvalue weighted by Crippen LogP contribution is 2.21. The fourth-order valence-electron chi connectivity index (χ4n) is 1.90. The molecule has 0 bridgehead atoms. The summed E-state index contributed by atoms with van der Waals surface area (Å²) in [6.45, 7) is 1.72. The standard InChI is InChI=1S/C10H13IN2O5/c1-4-7(14)8(15)6(18-4)3-13-2-5(11)9(16)12-10(13)17/h2,4,6-8,14-15H,3H2,1H3,(H,12,16,17)/t4-,6+,7?,8?/m0/s1. The number of hydrogen-bond acceptors (Lipinski definition) is 5. The maximum atomic E-state index is 11.6. The summed E-state index contributed by atoms with van der Waals surface area (Å²) in [5, 5.41) is 19.3. The minimum Gasteiger partial charge on any atom is -0.388 e. The molecule has 0 saturated carbocycles. The van der Waals surface area contributed by atoms with Gasteiger partial charge in [0.25, 0.3) is 5.56 Å². The van der Waals surface area contributed by atoms with E-state index in [4.69, 9.17) is 4.74 Å². The minimum absolute atomic E-state index is 0.0776. The Labute approximate surface area is 116 Å². The molecule has 0 amide bonds. The van der Waals surface area contributed by atoms with Crippen LogP contribution in [0.25, 0.3) is 0 Å². The number of rotatable bonds is 2. The molecule has 7 nitrogen and oxygen atoms in total. The van der Waals surface area contributed by atoms with E-state index in [0.717, 1.165) is 0 Å². The summed E-state index contributed by atoms with van der Waals surface area (Å²) in [4.78, 5) is 24.9. The normalized spacial score (nSPS) is 31.8. The van der Waals surface area contributed by atoms with E-state index in [0.29, 0.717) is 3.57 Å². The molecule has 8 heteroatoms. The topological polar surface area (TPSA) is 105 Å². The molecule has 3 N–H and O–H groups in total. The molecule has 100 valence electrons. The molecule has 4 atom stereocenters. The van der Waals surface area contributed by atoms with Crippen molar-refractivity contribution in [3.05, 3.63) is 30.6 Å². The first-order chi connectivity index (χ1) is 8.40. The van der Waals surface area contributed by atoms with E-state index in [1.165, 1.54) is 10.8 Å². The molecule has 1 fully saturated rings. The molecule has 0 aromatic carbocycles. The molecule has 1 aromatic heterocycles. The van der Waals surface area contributed by atoms with Crippen LogP contribution < -0.4 is 11.2 Å². The SMILES string of the molecule is C[C@@H]1O[C@H](Cn2cc(I)c(=O)[nH]c2=O)C(O)C1O. The Bertz CT molecular complexity index is 554. The van der Waals surface area contributed by atoms with Crippen LogP contribution in [0, 0.1) is 3.57 Å². The zero-order valence-electron chi connectivity index (χ0n) is 9.54. The van der Waals surface area contributed by atoms with Gasteiger partial charge in [0.05, 0.1) is 16.2 Å². The number of aromatic nitrogens is 2. The number of H-pyrrole nitrogens is 1. The molecular weight excluding hydrogens is 355 g/mol. The van der Waals surface area contributed by atoms with E-state index < -0.39 is 35.7 Å². The third-order valence-electron chi connectivity index (χ3n) is 2.95. The molecule has 0 radical (unpaired) electrons. The van der Waals surface area contributed by atoms with Crippen molar-refractivity contribution in [3.63, 3.8) is 0 Å². The Morgan fingerprint density at radius 1 is 1.44 bits per heavy atom. The molecule has 1 aliphatic rings. The first kappa shape index (κ1) is 13.7. The zero-order valence-corrected chi connectivity index (χ0v) is 11.7. The van der Waals surface area contributed by atoms with Crippen LogP contribution in [0.3, 0.4) is 0 Å². The van der Waals surface area contributed by atoms with Crippen molar-refractivity contribution in [2.75, 3.05) is 0 Å². The lowest BCUT2D eigenvalue weighted by molar-refractivity contribution is 0.00529. The van der Waals surface area contributed by atoms with Gasteiger partial charge in [-0.2, -0.15) is 0 Å². The monoisotopic (exact) mass is 368 g/mol. The van der Waals surface area contributed by atoms with E-state index in [-0.39, 0.29) is 6.54 Å². The molecule has 1 aliphatic heterocycles. The Morgan fingerprint density at radius 3 is 2.67 bits per heavy atom. The van der Waals surface area contributed by atoms with Crippen molar-refractivity contribution in [1.29, 1.82) is 0 Å². The summed E-state index contributed by atoms with van der Waals surface area (Å²) >= 11 is 1.81. The second kappa shape index (κ2) is 5.11. The summed E-state index contributed by atoms with van der Waals surface area (Å²) in [6.07, 6.45) is -1.77. The van der Waals surface area contributed by atoms with Gasteiger partial charge in [0.15, 0.2) is 0 Å². The van der Waals surface area contributed by atoms with Crippen molar-refractivity contribution in [3.8, 4) is 0 Å². The Morgan fingerprint density at radius 2 is 2.11 bits per heavy atom. The van der Waals surface area contributed by atoms with E-state index >= 15 is 0 Å². The smallest absolute Gasteiger partial charge is 0.328 e. The quantitative estimate of drug-likeness (QED) is 0.560. The van der Waals surface area contributed by atoms with Gasteiger partial charge < -0.3 is 14.9 Å². The van der Waals surface area contributed by atoms with Crippen molar-refractivity contribution >= 4 is 22.6 Å². The van der Waals surface area contributed by atoms with Gasteiger partial charge in [0.1, 0.15) is 18.3 Å². The van der Waals surface area contributed by atoms with Crippen molar-refractivity contribution in [1.82, 2.24) is 9.55 Å². The average molecular weight is 368 g/mol. The highest BCUT2D eigenvalue weighted by atomic mass is 127. The highest BCUT2D eigenvalue weighted by Gasteiger charge is 2.40. The molecule has 0 spiro atoms. The predicted octanol–water partition coefficient (Wildman–Crippen LogP) is -1.35. The lowest BCUT2D eigenvalue weighted by Crippen LogP contribution is -2.38. The predicted molar refractivity (Wildman–Crippen MR) is 70.4 cm³/mol. The summed E-state index contributed by atoms with van der Waals surface area (Å²) in [5.74, 6) is 0. The zero-order chi connectivity index (χ0) is 13.4. The van der Waals surface area contributed by atoms with Gasteiger partial charge in [-0.25, -0.2) is 4.79 Å². The van der Waals surface area contributed by atoms with Crippen LogP contribution in [-0.2, 0) is 11.3 Å². The van der Waals surface area contributed by atoms with Crippen molar-refractivity contribution in [2.45, 2.75) is 37.9 Å². The Balaban J connectivity index is 2.23. The highest BCUT2D eigenvalue weighted by molar-refractivity contribution is 14.1. The molecule has 1 saturated heterocycles. The number of ether oxygens (including phenoxy) is 1. The van der Waals surface area contributed by atoms with Gasteiger partial charge in [-0.05, 0) is 29.5 Å². The number of nitrogens with zero attached hydrogens (tertiary/aromatic N) is 1. The summed E-state index contributed by atoms with van der Waals surface area (Å²) in [5.41, 5.74) is -1.01. The number of halogens is 1. The van der Waals surface area contributed by atoms with Crippen LogP contribution in [-0.4, -0.2) is 44.2 Å². The second-order valence-electron chi connectivity index (χ2n) is 4.25. The second-order valence-corrected chi connectivity index (χ2v) is 5.41. The fourth-order valence-corrected chi connectivity index (χ4v) is 2.37. The minimum atomic E-state index is -1.04. The van der Waals surface area contributed by atoms with Crippen LogP contribution in [0.2, 0.25) is 0 Å². The average Bonchev–Trinajstić information content (AvgIpc) is 2.54. The Hall–Kier alpha value is -0.710. The van der Waals surface area contributed by atoms with E-state index in [1.54, 1.807) is 6.92 Å². The van der Waals surface area contributed by atoms with Crippen LogP contribution in [0.5, 0.6) is 0 Å². The van der Waals surface area contributed by atoms with Gasteiger partial charge in [-0.1, -0.05) is 0 Å². The van der Waals surface area contributed by atoms with Gasteiger partial charge in [-0.15, -0.1) is 0 Å². The molecule has 2 heterocycles. The third-order valence-corrected chi connectivity index (χ3v) is 3.71. The van der Waals surface area contributed by atoms with Gasteiger partial charge in [0.2, 0.25) is 0 Å². The summed E-state index contributed by atoms with van der Waals surface area (Å²) in [7, 11) is 0. The van der Waals surface area contributed by atoms with Crippen molar-refractivity contribution < 1.29 is 14.9 Å². The number of aliphatic hydroxyl groups excluding tert-OH is 2. The first-order valence-electron chi connectivity index (χ1n) is 5.41. The van der Waals surface area contributed by atoms with Gasteiger partial charge in [-0.3, -0.25) is 14.3 Å². The van der Waals surface area contributed by atoms with Gasteiger partial charge in [0, 0.05) is 6.20 Å². The number of hydrogen-bond donors (Lipinski definition) is 3. The molecular formula is C10H13IN2O5. The molecule has 18 heavy (non-hydrogen) atoms. The van der Waals surface area contributed by atoms with E-state index in [9.17, 15) is 19.8 Å². The van der Waals surface area contributed by atoms with Crippen LogP contribution in [0.1, 0.15) is 6.92 Å². The van der Waals surface area contributed by atoms with Crippen molar-refractivity contribution in [2.24, 2.45) is 0 Å². The third kappa shape index (κ3) is 2.51. The molecule has 1 aromatic rings. The van der Waals surface area contributed by atoms with E-state index in [2.05, 4.69) is 4.98 Å². The van der Waals surface area contributed by atoms with Gasteiger partial charge >= 0.3 is 5.69 Å². The Kier molecular flexibility index (Phi) is 3.90. The van der Waals surface area contributed by atoms with Crippen LogP contribution in [0.4, 0.5) is 0 Å². The maximum absolute atomic E-state index is 11.6. The first-order valence-corrected chi connectivity index (χ1v) is 6.49.